The van der Waals surface area contributed by atoms with Gasteiger partial charge in [-0.25, -0.2) is 14.4 Å². The minimum absolute atomic E-state index is 0.0363. The van der Waals surface area contributed by atoms with E-state index < -0.39 is 18.1 Å². The van der Waals surface area contributed by atoms with E-state index in [0.29, 0.717) is 17.0 Å². The first-order valence-electron chi connectivity index (χ1n) is 13.6. The fourth-order valence-electron chi connectivity index (χ4n) is 4.07. The Kier molecular flexibility index (Phi) is 12.4. The van der Waals surface area contributed by atoms with E-state index in [4.69, 9.17) is 26.2 Å². The Morgan fingerprint density at radius 2 is 1.54 bits per heavy atom. The summed E-state index contributed by atoms with van der Waals surface area (Å²) in [5, 5.41) is 18.9. The third kappa shape index (κ3) is 9.64. The Balaban J connectivity index is 0.000000493. The number of unbranched alkanes of at least 4 members (excludes halogenated alkanes) is 1. The fraction of sp³-hybridized carbons (Fsp3) is 0.364. The van der Waals surface area contributed by atoms with Gasteiger partial charge in [-0.05, 0) is 77.8 Å². The average Bonchev–Trinajstić information content (AvgIpc) is 2.90. The molecule has 0 amide bonds. The zero-order valence-corrected chi connectivity index (χ0v) is 25.3. The summed E-state index contributed by atoms with van der Waals surface area (Å²) in [6, 6.07) is 15.3. The lowest BCUT2D eigenvalue weighted by Gasteiger charge is -2.22. The zero-order valence-electron chi connectivity index (χ0n) is 24.5. The number of rotatable bonds is 9. The van der Waals surface area contributed by atoms with Crippen molar-refractivity contribution in [3.05, 3.63) is 87.4 Å². The van der Waals surface area contributed by atoms with E-state index in [2.05, 4.69) is 26.8 Å². The summed E-state index contributed by atoms with van der Waals surface area (Å²) in [7, 11) is 0. The third-order valence-corrected chi connectivity index (χ3v) is 6.60. The number of carbonyl (C=O) groups is 3. The highest BCUT2D eigenvalue weighted by molar-refractivity contribution is 6.30. The van der Waals surface area contributed by atoms with Gasteiger partial charge in [-0.1, -0.05) is 83.3 Å². The van der Waals surface area contributed by atoms with Crippen LogP contribution in [0, 0.1) is 6.92 Å². The van der Waals surface area contributed by atoms with Crippen molar-refractivity contribution < 1.29 is 34.1 Å². The molecule has 3 aromatic carbocycles. The van der Waals surface area contributed by atoms with Gasteiger partial charge >= 0.3 is 18.1 Å². The van der Waals surface area contributed by atoms with Crippen molar-refractivity contribution >= 4 is 29.7 Å². The number of carbonyl (C=O) groups excluding carboxylic acids is 1. The number of carboxylic acids is 2. The number of halogens is 1. The zero-order chi connectivity index (χ0) is 30.7. The van der Waals surface area contributed by atoms with Gasteiger partial charge in [0.25, 0.3) is 0 Å². The summed E-state index contributed by atoms with van der Waals surface area (Å²) in [6.07, 6.45) is 2.32. The second kappa shape index (κ2) is 15.2. The molecule has 3 rings (SSSR count). The molecule has 220 valence electrons. The molecule has 0 aliphatic heterocycles. The van der Waals surface area contributed by atoms with Crippen LogP contribution in [0.2, 0.25) is 5.02 Å². The lowest BCUT2D eigenvalue weighted by Crippen LogP contribution is -2.15. The molecule has 3 aromatic rings. The maximum absolute atomic E-state index is 12.4. The first-order valence-corrected chi connectivity index (χ1v) is 14.0. The summed E-state index contributed by atoms with van der Waals surface area (Å²) in [4.78, 5) is 34.7. The predicted octanol–water partition coefficient (Wildman–Crippen LogP) is 8.96. The number of hydrogen-bond donors (Lipinski definition) is 2. The van der Waals surface area contributed by atoms with Crippen molar-refractivity contribution in [2.24, 2.45) is 0 Å². The molecular weight excluding hydrogens is 544 g/mol. The molecule has 0 radical (unpaired) electrons. The smallest absolute Gasteiger partial charge is 0.478 e. The van der Waals surface area contributed by atoms with Crippen LogP contribution in [0.3, 0.4) is 0 Å². The van der Waals surface area contributed by atoms with Crippen molar-refractivity contribution in [2.45, 2.75) is 72.6 Å². The highest BCUT2D eigenvalue weighted by Gasteiger charge is 2.25. The monoisotopic (exact) mass is 582 g/mol. The van der Waals surface area contributed by atoms with E-state index in [1.807, 2.05) is 32.9 Å². The molecule has 2 N–H and O–H groups in total. The lowest BCUT2D eigenvalue weighted by atomic mass is 9.83. The molecule has 41 heavy (non-hydrogen) atoms. The van der Waals surface area contributed by atoms with Crippen molar-refractivity contribution in [2.75, 3.05) is 6.61 Å². The second-order valence-corrected chi connectivity index (χ2v) is 11.1. The van der Waals surface area contributed by atoms with E-state index in [0.717, 1.165) is 41.5 Å². The number of ether oxygens (including phenoxy) is 2. The number of aryl methyl sites for hydroxylation is 2. The summed E-state index contributed by atoms with van der Waals surface area (Å²) < 4.78 is 10.8. The van der Waals surface area contributed by atoms with Crippen LogP contribution >= 0.6 is 11.6 Å². The largest absolute Gasteiger partial charge is 0.513 e. The van der Waals surface area contributed by atoms with E-state index in [1.54, 1.807) is 24.3 Å². The molecule has 8 heteroatoms. The normalized spacial score (nSPS) is 10.8. The first-order chi connectivity index (χ1) is 19.3. The Morgan fingerprint density at radius 3 is 2.05 bits per heavy atom. The van der Waals surface area contributed by atoms with Gasteiger partial charge in [0.1, 0.15) is 5.75 Å². The van der Waals surface area contributed by atoms with Gasteiger partial charge in [0.15, 0.2) is 0 Å². The van der Waals surface area contributed by atoms with Crippen molar-refractivity contribution in [3.8, 4) is 16.9 Å². The third-order valence-electron chi connectivity index (χ3n) is 6.35. The molecule has 0 saturated carbocycles. The minimum Gasteiger partial charge on any atom is -0.478 e. The SMILES string of the molecule is CCCCOC(=O)Oc1c(CCC)ccc(C(=O)O)c1-c1ccc(C(C)(C)C)cc1C.O=C(O)c1ccc(Cl)cc1. The minimum atomic E-state index is -1.07. The van der Waals surface area contributed by atoms with Gasteiger partial charge in [-0.3, -0.25) is 0 Å². The summed E-state index contributed by atoms with van der Waals surface area (Å²) >= 11 is 5.52. The lowest BCUT2D eigenvalue weighted by molar-refractivity contribution is 0.0686. The van der Waals surface area contributed by atoms with E-state index in [-0.39, 0.29) is 28.9 Å². The van der Waals surface area contributed by atoms with Crippen LogP contribution < -0.4 is 4.74 Å². The summed E-state index contributed by atoms with van der Waals surface area (Å²) in [5.41, 5.74) is 4.33. The van der Waals surface area contributed by atoms with Gasteiger partial charge in [-0.2, -0.15) is 0 Å². The van der Waals surface area contributed by atoms with Crippen molar-refractivity contribution in [1.82, 2.24) is 0 Å². The average molecular weight is 583 g/mol. The molecule has 0 aromatic heterocycles. The van der Waals surface area contributed by atoms with Crippen LogP contribution in [0.5, 0.6) is 5.75 Å². The van der Waals surface area contributed by atoms with Gasteiger partial charge in [-0.15, -0.1) is 0 Å². The van der Waals surface area contributed by atoms with Gasteiger partial charge in [0.05, 0.1) is 17.7 Å². The predicted molar refractivity (Wildman–Crippen MR) is 162 cm³/mol. The number of aromatic carboxylic acids is 2. The summed E-state index contributed by atoms with van der Waals surface area (Å²) in [5.74, 6) is -1.73. The number of benzene rings is 3. The maximum atomic E-state index is 12.4. The number of carboxylic acid groups (broad SMARTS) is 2. The quantitative estimate of drug-likeness (QED) is 0.147. The molecule has 0 aliphatic carbocycles. The van der Waals surface area contributed by atoms with Crippen LogP contribution in [0.1, 0.15) is 91.3 Å². The second-order valence-electron chi connectivity index (χ2n) is 10.7. The Hall–Kier alpha value is -3.84. The Labute approximate surface area is 247 Å². The molecule has 0 fully saturated rings. The van der Waals surface area contributed by atoms with Crippen molar-refractivity contribution in [3.63, 3.8) is 0 Å². The maximum Gasteiger partial charge on any atom is 0.513 e. The van der Waals surface area contributed by atoms with E-state index >= 15 is 0 Å². The Bertz CT molecular complexity index is 1360. The first kappa shape index (κ1) is 33.4. The molecule has 0 spiro atoms. The Morgan fingerprint density at radius 1 is 0.878 bits per heavy atom. The fourth-order valence-corrected chi connectivity index (χ4v) is 4.20. The van der Waals surface area contributed by atoms with Crippen LogP contribution in [-0.4, -0.2) is 34.9 Å². The van der Waals surface area contributed by atoms with Gasteiger partial charge < -0.3 is 19.7 Å². The molecular formula is C33H39ClO7. The van der Waals surface area contributed by atoms with Crippen molar-refractivity contribution in [1.29, 1.82) is 0 Å². The molecule has 0 bridgehead atoms. The molecule has 7 nitrogen and oxygen atoms in total. The van der Waals surface area contributed by atoms with Crippen LogP contribution in [0.4, 0.5) is 4.79 Å². The van der Waals surface area contributed by atoms with Gasteiger partial charge in [0, 0.05) is 10.6 Å². The standard InChI is InChI=1S/C26H34O5.C7H5ClO2/c1-7-9-15-30-25(29)31-23-18(10-8-2)11-13-21(24(27)28)22(23)20-14-12-19(16-17(20)3)26(4,5)6;8-6-3-1-5(2-4-6)7(9)10/h11-14,16H,7-10,15H2,1-6H3,(H,27,28);1-4H,(H,9,10). The molecule has 0 heterocycles. The number of hydrogen-bond acceptors (Lipinski definition) is 5. The molecule has 0 aliphatic rings. The summed E-state index contributed by atoms with van der Waals surface area (Å²) in [6.45, 7) is 12.6. The van der Waals surface area contributed by atoms with Crippen LogP contribution in [-0.2, 0) is 16.6 Å². The highest BCUT2D eigenvalue weighted by Crippen LogP contribution is 2.40. The molecule has 0 atom stereocenters. The molecule has 0 saturated heterocycles. The van der Waals surface area contributed by atoms with Crippen LogP contribution in [0.15, 0.2) is 54.6 Å². The van der Waals surface area contributed by atoms with Crippen LogP contribution in [0.25, 0.3) is 11.1 Å². The molecule has 0 unspecified atom stereocenters. The van der Waals surface area contributed by atoms with Gasteiger partial charge in [0.2, 0.25) is 0 Å². The van der Waals surface area contributed by atoms with E-state index in [1.165, 1.54) is 12.1 Å². The topological polar surface area (TPSA) is 110 Å². The van der Waals surface area contributed by atoms with E-state index in [9.17, 15) is 19.5 Å². The highest BCUT2D eigenvalue weighted by atomic mass is 35.5.